The van der Waals surface area contributed by atoms with Crippen LogP contribution in [-0.2, 0) is 0 Å². The van der Waals surface area contributed by atoms with Gasteiger partial charge in [0.15, 0.2) is 5.72 Å². The minimum atomic E-state index is -0.614. The fourth-order valence-corrected chi connectivity index (χ4v) is 3.48. The fraction of sp³-hybridized carbons (Fsp3) is 0.333. The summed E-state index contributed by atoms with van der Waals surface area (Å²) in [6.45, 7) is 12.3. The Bertz CT molecular complexity index is 1040. The maximum absolute atomic E-state index is 6.15. The van der Waals surface area contributed by atoms with E-state index in [-0.39, 0.29) is 0 Å². The van der Waals surface area contributed by atoms with Gasteiger partial charge in [0.05, 0.1) is 16.6 Å². The molecular weight excluding hydrogens is 310 g/mol. The molecule has 3 aromatic rings. The van der Waals surface area contributed by atoms with Gasteiger partial charge in [-0.3, -0.25) is 4.57 Å². The third-order valence-corrected chi connectivity index (χ3v) is 4.91. The number of hydrogen-bond donors (Lipinski definition) is 0. The van der Waals surface area contributed by atoms with E-state index in [1.54, 1.807) is 0 Å². The van der Waals surface area contributed by atoms with Gasteiger partial charge in [-0.1, -0.05) is 18.2 Å². The van der Waals surface area contributed by atoms with Gasteiger partial charge in [0, 0.05) is 0 Å². The van der Waals surface area contributed by atoms with Crippen molar-refractivity contribution in [2.24, 2.45) is 4.99 Å². The van der Waals surface area contributed by atoms with E-state index in [1.165, 1.54) is 11.1 Å². The zero-order valence-corrected chi connectivity index (χ0v) is 15.6. The Morgan fingerprint density at radius 2 is 1.72 bits per heavy atom. The molecule has 4 nitrogen and oxygen atoms in total. The molecule has 128 valence electrons. The van der Waals surface area contributed by atoms with Gasteiger partial charge in [-0.2, -0.15) is 0 Å². The maximum atomic E-state index is 6.15. The molecule has 0 amide bonds. The summed E-state index contributed by atoms with van der Waals surface area (Å²) in [5.74, 6) is 2.74. The van der Waals surface area contributed by atoms with Gasteiger partial charge in [0.25, 0.3) is 0 Å². The van der Waals surface area contributed by atoms with Crippen LogP contribution in [0.15, 0.2) is 35.3 Å². The summed E-state index contributed by atoms with van der Waals surface area (Å²) in [5.41, 5.74) is 6.12. The molecule has 0 saturated heterocycles. The summed E-state index contributed by atoms with van der Waals surface area (Å²) in [6, 6.07) is 10.5. The molecule has 0 aliphatic carbocycles. The van der Waals surface area contributed by atoms with Crippen molar-refractivity contribution in [2.45, 2.75) is 47.3 Å². The number of imidazole rings is 1. The Morgan fingerprint density at radius 1 is 0.960 bits per heavy atom. The van der Waals surface area contributed by atoms with Crippen molar-refractivity contribution in [3.8, 4) is 5.75 Å². The SMILES string of the molecule is Cc1cccc2c1OC(C)(C)N=C2n1c(C)nc2c(C)c(C)ccc21. The lowest BCUT2D eigenvalue weighted by molar-refractivity contribution is 0.113. The molecule has 25 heavy (non-hydrogen) atoms. The number of rotatable bonds is 0. The predicted molar refractivity (Wildman–Crippen MR) is 102 cm³/mol. The number of aliphatic imine (C=N–C) groups is 1. The van der Waals surface area contributed by atoms with Crippen molar-refractivity contribution in [2.75, 3.05) is 0 Å². The first-order chi connectivity index (χ1) is 11.8. The molecule has 0 bridgehead atoms. The minimum Gasteiger partial charge on any atom is -0.466 e. The van der Waals surface area contributed by atoms with Crippen molar-refractivity contribution in [1.82, 2.24) is 9.55 Å². The molecule has 0 unspecified atom stereocenters. The summed E-state index contributed by atoms with van der Waals surface area (Å²) in [4.78, 5) is 9.75. The second-order valence-corrected chi connectivity index (χ2v) is 7.31. The van der Waals surface area contributed by atoms with E-state index in [0.29, 0.717) is 0 Å². The largest absolute Gasteiger partial charge is 0.466 e. The third kappa shape index (κ3) is 2.36. The van der Waals surface area contributed by atoms with Crippen molar-refractivity contribution in [3.63, 3.8) is 0 Å². The van der Waals surface area contributed by atoms with Crippen LogP contribution in [0.2, 0.25) is 0 Å². The first kappa shape index (κ1) is 15.9. The second kappa shape index (κ2) is 5.19. The van der Waals surface area contributed by atoms with Crippen molar-refractivity contribution >= 4 is 16.9 Å². The Hall–Kier alpha value is -2.62. The van der Waals surface area contributed by atoms with Gasteiger partial charge in [0.2, 0.25) is 0 Å². The molecule has 0 saturated carbocycles. The average Bonchev–Trinajstić information content (AvgIpc) is 2.88. The second-order valence-electron chi connectivity index (χ2n) is 7.31. The highest BCUT2D eigenvalue weighted by atomic mass is 16.5. The van der Waals surface area contributed by atoms with E-state index >= 15 is 0 Å². The summed E-state index contributed by atoms with van der Waals surface area (Å²) in [5, 5.41) is 0. The van der Waals surface area contributed by atoms with Gasteiger partial charge in [-0.05, 0) is 70.4 Å². The summed E-state index contributed by atoms with van der Waals surface area (Å²) in [6.07, 6.45) is 0. The van der Waals surface area contributed by atoms with Crippen molar-refractivity contribution < 1.29 is 4.74 Å². The Balaban J connectivity index is 2.07. The van der Waals surface area contributed by atoms with E-state index in [1.807, 2.05) is 20.8 Å². The highest BCUT2D eigenvalue weighted by Crippen LogP contribution is 2.35. The van der Waals surface area contributed by atoms with E-state index in [4.69, 9.17) is 14.7 Å². The van der Waals surface area contributed by atoms with Crippen LogP contribution in [0.5, 0.6) is 5.75 Å². The summed E-state index contributed by atoms with van der Waals surface area (Å²) < 4.78 is 8.31. The zero-order chi connectivity index (χ0) is 17.9. The monoisotopic (exact) mass is 333 g/mol. The average molecular weight is 333 g/mol. The van der Waals surface area contributed by atoms with Crippen LogP contribution < -0.4 is 4.74 Å². The van der Waals surface area contributed by atoms with Gasteiger partial charge >= 0.3 is 0 Å². The van der Waals surface area contributed by atoms with E-state index < -0.39 is 5.72 Å². The molecule has 4 rings (SSSR count). The molecule has 0 N–H and O–H groups in total. The topological polar surface area (TPSA) is 39.4 Å². The number of ether oxygens (including phenoxy) is 1. The summed E-state index contributed by atoms with van der Waals surface area (Å²) in [7, 11) is 0. The molecule has 2 aromatic carbocycles. The van der Waals surface area contributed by atoms with Crippen LogP contribution >= 0.6 is 0 Å². The van der Waals surface area contributed by atoms with Crippen LogP contribution in [0.25, 0.3) is 11.0 Å². The molecule has 1 aliphatic rings. The molecule has 1 aliphatic heterocycles. The molecular formula is C21H23N3O. The number of hydrogen-bond acceptors (Lipinski definition) is 3. The molecule has 1 aromatic heterocycles. The van der Waals surface area contributed by atoms with E-state index in [0.717, 1.165) is 39.6 Å². The molecule has 4 heteroatoms. The Kier molecular flexibility index (Phi) is 3.29. The zero-order valence-electron chi connectivity index (χ0n) is 15.6. The minimum absolute atomic E-state index is 0.614. The van der Waals surface area contributed by atoms with Crippen LogP contribution in [0.1, 0.15) is 41.9 Å². The Morgan fingerprint density at radius 3 is 2.48 bits per heavy atom. The smallest absolute Gasteiger partial charge is 0.196 e. The number of para-hydroxylation sites is 1. The van der Waals surface area contributed by atoms with Crippen LogP contribution in [0.3, 0.4) is 0 Å². The molecule has 2 heterocycles. The number of fused-ring (bicyclic) bond motifs is 2. The number of aromatic nitrogens is 2. The number of aryl methyl sites for hydroxylation is 4. The first-order valence-electron chi connectivity index (χ1n) is 8.63. The lowest BCUT2D eigenvalue weighted by Crippen LogP contribution is -2.35. The van der Waals surface area contributed by atoms with Crippen LogP contribution in [0, 0.1) is 27.7 Å². The Labute approximate surface area is 148 Å². The molecule has 0 spiro atoms. The summed E-state index contributed by atoms with van der Waals surface area (Å²) >= 11 is 0. The molecule has 0 fully saturated rings. The van der Waals surface area contributed by atoms with Gasteiger partial charge in [-0.25, -0.2) is 9.98 Å². The quantitative estimate of drug-likeness (QED) is 0.598. The first-order valence-corrected chi connectivity index (χ1v) is 8.63. The highest BCUT2D eigenvalue weighted by Gasteiger charge is 2.31. The van der Waals surface area contributed by atoms with Crippen LogP contribution in [0.4, 0.5) is 0 Å². The normalized spacial score (nSPS) is 15.7. The maximum Gasteiger partial charge on any atom is 0.196 e. The van der Waals surface area contributed by atoms with Gasteiger partial charge in [-0.15, -0.1) is 0 Å². The number of benzene rings is 2. The lowest BCUT2D eigenvalue weighted by atomic mass is 10.1. The standard InChI is InChI=1S/C21H23N3O/c1-12-10-11-17-18(14(12)3)22-15(4)24(17)20-16-9-7-8-13(2)19(16)25-21(5,6)23-20/h7-11H,1-6H3. The number of nitrogens with zero attached hydrogens (tertiary/aromatic N) is 3. The van der Waals surface area contributed by atoms with Crippen LogP contribution in [-0.4, -0.2) is 21.1 Å². The fourth-order valence-electron chi connectivity index (χ4n) is 3.48. The molecule has 0 radical (unpaired) electrons. The van der Waals surface area contributed by atoms with Gasteiger partial charge < -0.3 is 4.74 Å². The van der Waals surface area contributed by atoms with Crippen molar-refractivity contribution in [1.29, 1.82) is 0 Å². The van der Waals surface area contributed by atoms with E-state index in [2.05, 4.69) is 55.7 Å². The van der Waals surface area contributed by atoms with E-state index in [9.17, 15) is 0 Å². The third-order valence-electron chi connectivity index (χ3n) is 4.91. The van der Waals surface area contributed by atoms with Crippen molar-refractivity contribution in [3.05, 3.63) is 58.4 Å². The lowest BCUT2D eigenvalue weighted by Gasteiger charge is -2.31. The van der Waals surface area contributed by atoms with Gasteiger partial charge in [0.1, 0.15) is 17.4 Å². The molecule has 0 atom stereocenters. The highest BCUT2D eigenvalue weighted by molar-refractivity contribution is 6.08. The predicted octanol–water partition coefficient (Wildman–Crippen LogP) is 4.69.